The molecule has 1 aliphatic rings. The molecule has 25 heavy (non-hydrogen) atoms. The fourth-order valence-corrected chi connectivity index (χ4v) is 4.15. The van der Waals surface area contributed by atoms with E-state index in [2.05, 4.69) is 0 Å². The average Bonchev–Trinajstić information content (AvgIpc) is 3.04. The van der Waals surface area contributed by atoms with Crippen molar-refractivity contribution in [1.29, 1.82) is 0 Å². The fraction of sp³-hybridized carbons (Fsp3) is 0.950. The SMILES string of the molecule is NC(O)CCCCCCCC1CCC(CCCCCCC(=O)NO)C1. The molecule has 1 rings (SSSR count). The van der Waals surface area contributed by atoms with Crippen LogP contribution in [0.4, 0.5) is 0 Å². The number of carbonyl (C=O) groups excluding carboxylic acids is 1. The lowest BCUT2D eigenvalue weighted by Gasteiger charge is -2.11. The van der Waals surface area contributed by atoms with E-state index in [4.69, 9.17) is 16.0 Å². The molecule has 5 heteroatoms. The molecule has 0 radical (unpaired) electrons. The highest BCUT2D eigenvalue weighted by atomic mass is 16.5. The van der Waals surface area contributed by atoms with Gasteiger partial charge in [0.25, 0.3) is 0 Å². The van der Waals surface area contributed by atoms with Crippen LogP contribution in [-0.2, 0) is 4.79 Å². The summed E-state index contributed by atoms with van der Waals surface area (Å²) in [6.07, 6.45) is 18.2. The average molecular weight is 357 g/mol. The zero-order chi connectivity index (χ0) is 18.3. The van der Waals surface area contributed by atoms with E-state index in [0.29, 0.717) is 6.42 Å². The topological polar surface area (TPSA) is 95.6 Å². The lowest BCUT2D eigenvalue weighted by Crippen LogP contribution is -2.17. The Hall–Kier alpha value is -0.650. The van der Waals surface area contributed by atoms with Crippen molar-refractivity contribution in [1.82, 2.24) is 5.48 Å². The number of unbranched alkanes of at least 4 members (excludes halogenated alkanes) is 7. The van der Waals surface area contributed by atoms with Gasteiger partial charge in [0.1, 0.15) is 6.23 Å². The molecule has 148 valence electrons. The molecule has 0 heterocycles. The predicted molar refractivity (Wildman–Crippen MR) is 101 cm³/mol. The number of nitrogens with one attached hydrogen (secondary N) is 1. The van der Waals surface area contributed by atoms with Crippen molar-refractivity contribution in [2.45, 2.75) is 109 Å². The summed E-state index contributed by atoms with van der Waals surface area (Å²) in [6.45, 7) is 0. The van der Waals surface area contributed by atoms with Crippen LogP contribution >= 0.6 is 0 Å². The summed E-state index contributed by atoms with van der Waals surface area (Å²) < 4.78 is 0. The van der Waals surface area contributed by atoms with Gasteiger partial charge in [-0.2, -0.15) is 0 Å². The van der Waals surface area contributed by atoms with E-state index >= 15 is 0 Å². The van der Waals surface area contributed by atoms with E-state index < -0.39 is 6.23 Å². The normalized spacial score (nSPS) is 21.4. The Morgan fingerprint density at radius 3 is 2.00 bits per heavy atom. The molecular weight excluding hydrogens is 316 g/mol. The highest BCUT2D eigenvalue weighted by Gasteiger charge is 2.23. The predicted octanol–water partition coefficient (Wildman–Crippen LogP) is 4.26. The Morgan fingerprint density at radius 1 is 0.920 bits per heavy atom. The first-order valence-corrected chi connectivity index (χ1v) is 10.5. The summed E-state index contributed by atoms with van der Waals surface area (Å²) in [4.78, 5) is 10.9. The molecule has 1 aliphatic carbocycles. The van der Waals surface area contributed by atoms with Crippen molar-refractivity contribution in [2.75, 3.05) is 0 Å². The Labute approximate surface area is 153 Å². The molecule has 5 nitrogen and oxygen atoms in total. The second-order valence-electron chi connectivity index (χ2n) is 7.95. The smallest absolute Gasteiger partial charge is 0.243 e. The van der Waals surface area contributed by atoms with Crippen molar-refractivity contribution in [2.24, 2.45) is 17.6 Å². The third-order valence-corrected chi connectivity index (χ3v) is 5.65. The minimum atomic E-state index is -0.629. The number of hydroxylamine groups is 1. The largest absolute Gasteiger partial charge is 0.379 e. The van der Waals surface area contributed by atoms with E-state index in [9.17, 15) is 4.79 Å². The molecule has 1 amide bonds. The van der Waals surface area contributed by atoms with Crippen LogP contribution in [0.25, 0.3) is 0 Å². The van der Waals surface area contributed by atoms with E-state index in [1.165, 1.54) is 70.6 Å². The van der Waals surface area contributed by atoms with Gasteiger partial charge in [0.2, 0.25) is 5.91 Å². The van der Waals surface area contributed by atoms with E-state index in [1.54, 1.807) is 5.48 Å². The molecule has 0 aromatic heterocycles. The molecule has 3 atom stereocenters. The van der Waals surface area contributed by atoms with Crippen molar-refractivity contribution in [3.05, 3.63) is 0 Å². The number of hydrogen-bond donors (Lipinski definition) is 4. The van der Waals surface area contributed by atoms with Crippen molar-refractivity contribution in [3.63, 3.8) is 0 Å². The van der Waals surface area contributed by atoms with E-state index in [1.807, 2.05) is 0 Å². The van der Waals surface area contributed by atoms with Crippen LogP contribution in [0.1, 0.15) is 103 Å². The first-order chi connectivity index (χ1) is 12.1. The number of nitrogens with two attached hydrogens (primary N) is 1. The van der Waals surface area contributed by atoms with Gasteiger partial charge in [-0.3, -0.25) is 10.0 Å². The van der Waals surface area contributed by atoms with Crippen LogP contribution < -0.4 is 11.2 Å². The van der Waals surface area contributed by atoms with Crippen molar-refractivity contribution < 1.29 is 15.1 Å². The summed E-state index contributed by atoms with van der Waals surface area (Å²) in [5.74, 6) is 1.61. The van der Waals surface area contributed by atoms with Gasteiger partial charge in [-0.1, -0.05) is 70.6 Å². The van der Waals surface area contributed by atoms with Gasteiger partial charge >= 0.3 is 0 Å². The molecular formula is C20H40N2O3. The van der Waals surface area contributed by atoms with Crippen LogP contribution in [0.5, 0.6) is 0 Å². The Balaban J connectivity index is 1.88. The summed E-state index contributed by atoms with van der Waals surface area (Å²) in [7, 11) is 0. The Morgan fingerprint density at radius 2 is 1.44 bits per heavy atom. The van der Waals surface area contributed by atoms with Gasteiger partial charge in [0.15, 0.2) is 0 Å². The third-order valence-electron chi connectivity index (χ3n) is 5.65. The Bertz CT molecular complexity index is 337. The zero-order valence-corrected chi connectivity index (χ0v) is 15.9. The molecule has 5 N–H and O–H groups in total. The second kappa shape index (κ2) is 14.5. The lowest BCUT2D eigenvalue weighted by atomic mass is 9.95. The minimum Gasteiger partial charge on any atom is -0.379 e. The van der Waals surface area contributed by atoms with Gasteiger partial charge in [0, 0.05) is 6.42 Å². The molecule has 1 saturated carbocycles. The summed E-state index contributed by atoms with van der Waals surface area (Å²) in [5, 5.41) is 17.4. The number of rotatable bonds is 15. The van der Waals surface area contributed by atoms with Gasteiger partial charge in [-0.25, -0.2) is 5.48 Å². The molecule has 0 aromatic carbocycles. The van der Waals surface area contributed by atoms with Gasteiger partial charge < -0.3 is 10.8 Å². The minimum absolute atomic E-state index is 0.268. The third kappa shape index (κ3) is 12.4. The molecule has 0 spiro atoms. The maximum absolute atomic E-state index is 10.9. The number of aliphatic hydroxyl groups is 1. The fourth-order valence-electron chi connectivity index (χ4n) is 4.15. The van der Waals surface area contributed by atoms with Crippen molar-refractivity contribution in [3.8, 4) is 0 Å². The number of hydrogen-bond acceptors (Lipinski definition) is 4. The highest BCUT2D eigenvalue weighted by molar-refractivity contribution is 5.74. The molecule has 0 aromatic rings. The summed E-state index contributed by atoms with van der Waals surface area (Å²) in [6, 6.07) is 0. The Kier molecular flexibility index (Phi) is 13.0. The maximum Gasteiger partial charge on any atom is 0.243 e. The van der Waals surface area contributed by atoms with Gasteiger partial charge in [-0.15, -0.1) is 0 Å². The molecule has 0 saturated heterocycles. The molecule has 0 bridgehead atoms. The van der Waals surface area contributed by atoms with Crippen LogP contribution in [0.2, 0.25) is 0 Å². The standard InChI is InChI=1S/C20H40N2O3/c21-19(23)12-8-3-1-2-6-10-17-14-15-18(16-17)11-7-4-5-9-13-20(24)22-25/h17-19,23,25H,1-16,21H2,(H,22,24). The zero-order valence-electron chi connectivity index (χ0n) is 15.9. The van der Waals surface area contributed by atoms with Crippen LogP contribution in [-0.4, -0.2) is 22.4 Å². The monoisotopic (exact) mass is 356 g/mol. The van der Waals surface area contributed by atoms with E-state index in [0.717, 1.165) is 37.5 Å². The van der Waals surface area contributed by atoms with Crippen LogP contribution in [0, 0.1) is 11.8 Å². The lowest BCUT2D eigenvalue weighted by molar-refractivity contribution is -0.129. The molecule has 0 aliphatic heterocycles. The number of aliphatic hydroxyl groups excluding tert-OH is 1. The quantitative estimate of drug-likeness (QED) is 0.153. The molecule has 1 fully saturated rings. The summed E-state index contributed by atoms with van der Waals surface area (Å²) in [5.41, 5.74) is 7.02. The first kappa shape index (κ1) is 22.4. The van der Waals surface area contributed by atoms with Crippen LogP contribution in [0.3, 0.4) is 0 Å². The van der Waals surface area contributed by atoms with Gasteiger partial charge in [0.05, 0.1) is 0 Å². The van der Waals surface area contributed by atoms with Gasteiger partial charge in [-0.05, 0) is 37.5 Å². The summed E-state index contributed by atoms with van der Waals surface area (Å²) >= 11 is 0. The highest BCUT2D eigenvalue weighted by Crippen LogP contribution is 2.37. The van der Waals surface area contributed by atoms with Crippen LogP contribution in [0.15, 0.2) is 0 Å². The molecule has 3 unspecified atom stereocenters. The number of amides is 1. The first-order valence-electron chi connectivity index (χ1n) is 10.5. The second-order valence-corrected chi connectivity index (χ2v) is 7.95. The van der Waals surface area contributed by atoms with E-state index in [-0.39, 0.29) is 5.91 Å². The van der Waals surface area contributed by atoms with Crippen molar-refractivity contribution >= 4 is 5.91 Å². The number of carbonyl (C=O) groups is 1. The maximum atomic E-state index is 10.9.